The molecule has 0 bridgehead atoms. The Bertz CT molecular complexity index is 1360. The van der Waals surface area contributed by atoms with Crippen molar-refractivity contribution in [2.45, 2.75) is 4.90 Å². The lowest BCUT2D eigenvalue weighted by molar-refractivity contribution is 0.0973. The number of rotatable bonds is 7. The molecule has 0 amide bonds. The summed E-state index contributed by atoms with van der Waals surface area (Å²) in [7, 11) is -2.29. The molecule has 0 saturated carbocycles. The van der Waals surface area contributed by atoms with Gasteiger partial charge in [-0.25, -0.2) is 13.1 Å². The van der Waals surface area contributed by atoms with E-state index >= 15 is 0 Å². The van der Waals surface area contributed by atoms with E-state index in [2.05, 4.69) is 4.72 Å². The van der Waals surface area contributed by atoms with Gasteiger partial charge < -0.3 is 19.7 Å². The molecule has 9 nitrogen and oxygen atoms in total. The summed E-state index contributed by atoms with van der Waals surface area (Å²) in [5, 5.41) is 21.2. The fourth-order valence-corrected chi connectivity index (χ4v) is 4.50. The van der Waals surface area contributed by atoms with Crippen molar-refractivity contribution in [1.29, 1.82) is 0 Å². The average Bonchev–Trinajstić information content (AvgIpc) is 2.80. The Hall–Kier alpha value is -3.73. The third-order valence-electron chi connectivity index (χ3n) is 5.07. The molecule has 0 unspecified atom stereocenters. The van der Waals surface area contributed by atoms with Gasteiger partial charge in [0.1, 0.15) is 11.5 Å². The highest BCUT2D eigenvalue weighted by molar-refractivity contribution is 7.89. The van der Waals surface area contributed by atoms with Gasteiger partial charge in [-0.2, -0.15) is 0 Å². The summed E-state index contributed by atoms with van der Waals surface area (Å²) in [6.45, 7) is 0.322. The Morgan fingerprint density at radius 2 is 1.52 bits per heavy atom. The number of carbonyl (C=O) groups excluding carboxylic acids is 2. The van der Waals surface area contributed by atoms with E-state index in [0.717, 1.165) is 6.07 Å². The lowest BCUT2D eigenvalue weighted by Gasteiger charge is -2.21. The molecular weight excluding hydrogens is 450 g/mol. The van der Waals surface area contributed by atoms with Crippen LogP contribution in [0.5, 0.6) is 23.0 Å². The third-order valence-corrected chi connectivity index (χ3v) is 6.55. The van der Waals surface area contributed by atoms with Crippen molar-refractivity contribution >= 4 is 21.6 Å². The smallest absolute Gasteiger partial charge is 0.240 e. The minimum Gasteiger partial charge on any atom is -0.507 e. The molecule has 0 aromatic heterocycles. The Morgan fingerprint density at radius 1 is 0.909 bits per heavy atom. The Balaban J connectivity index is 1.65. The highest BCUT2D eigenvalue weighted by atomic mass is 32.2. The van der Waals surface area contributed by atoms with Gasteiger partial charge in [-0.1, -0.05) is 24.3 Å². The third kappa shape index (κ3) is 4.07. The fourth-order valence-electron chi connectivity index (χ4n) is 3.49. The summed E-state index contributed by atoms with van der Waals surface area (Å²) in [5.74, 6) is -2.46. The number of ether oxygens (including phenoxy) is 2. The number of sulfonamides is 1. The summed E-state index contributed by atoms with van der Waals surface area (Å²) in [6, 6.07) is 12.4. The molecule has 10 heteroatoms. The largest absolute Gasteiger partial charge is 0.507 e. The number of methoxy groups -OCH3 is 1. The lowest BCUT2D eigenvalue weighted by atomic mass is 9.83. The van der Waals surface area contributed by atoms with E-state index in [1.54, 1.807) is 12.1 Å². The molecule has 0 fully saturated rings. The van der Waals surface area contributed by atoms with Crippen LogP contribution in [0.3, 0.4) is 0 Å². The van der Waals surface area contributed by atoms with Crippen LogP contribution in [0.15, 0.2) is 59.5 Å². The number of phenols is 2. The molecule has 0 saturated heterocycles. The monoisotopic (exact) mass is 469 g/mol. The van der Waals surface area contributed by atoms with Crippen molar-refractivity contribution in [3.63, 3.8) is 0 Å². The number of aromatic hydroxyl groups is 2. The first kappa shape index (κ1) is 22.5. The van der Waals surface area contributed by atoms with Gasteiger partial charge in [-0.15, -0.1) is 0 Å². The number of phenolic OH excluding ortho intramolecular Hbond substituents is 2. The van der Waals surface area contributed by atoms with Crippen LogP contribution in [-0.4, -0.2) is 50.5 Å². The first-order chi connectivity index (χ1) is 15.7. The molecule has 33 heavy (non-hydrogen) atoms. The first-order valence-electron chi connectivity index (χ1n) is 9.78. The zero-order chi connectivity index (χ0) is 23.8. The molecule has 3 aromatic carbocycles. The molecule has 170 valence electrons. The number of ketones is 2. The van der Waals surface area contributed by atoms with Gasteiger partial charge in [0, 0.05) is 30.8 Å². The van der Waals surface area contributed by atoms with Crippen LogP contribution in [0.2, 0.25) is 0 Å². The Morgan fingerprint density at radius 3 is 2.12 bits per heavy atom. The molecule has 0 aliphatic heterocycles. The summed E-state index contributed by atoms with van der Waals surface area (Å²) < 4.78 is 37.3. The summed E-state index contributed by atoms with van der Waals surface area (Å²) in [4.78, 5) is 25.7. The minimum absolute atomic E-state index is 0.0131. The standard InChI is InChI=1S/C23H19NO8S/c1-31-11-10-24-33(29,30)14-8-6-13(7-9-14)32-18-12-17(25)19-20(23(18)28)22(27)16-5-3-2-4-15(16)21(19)26/h2-9,12,24-25,28H,10-11H2,1H3. The van der Waals surface area contributed by atoms with Crippen LogP contribution in [-0.2, 0) is 14.8 Å². The number of carbonyl (C=O) groups is 2. The second-order valence-corrected chi connectivity index (χ2v) is 8.93. The quantitative estimate of drug-likeness (QED) is 0.277. The zero-order valence-corrected chi connectivity index (χ0v) is 18.2. The van der Waals surface area contributed by atoms with E-state index in [1.165, 1.54) is 43.5 Å². The van der Waals surface area contributed by atoms with Crippen molar-refractivity contribution < 1.29 is 37.7 Å². The second-order valence-electron chi connectivity index (χ2n) is 7.16. The molecule has 3 aromatic rings. The maximum Gasteiger partial charge on any atom is 0.240 e. The highest BCUT2D eigenvalue weighted by Gasteiger charge is 2.36. The van der Waals surface area contributed by atoms with E-state index in [9.17, 15) is 28.2 Å². The van der Waals surface area contributed by atoms with Gasteiger partial charge in [0.05, 0.1) is 22.6 Å². The van der Waals surface area contributed by atoms with Crippen LogP contribution in [0.25, 0.3) is 0 Å². The van der Waals surface area contributed by atoms with Crippen molar-refractivity contribution in [1.82, 2.24) is 4.72 Å². The molecule has 1 aliphatic carbocycles. The topological polar surface area (TPSA) is 139 Å². The maximum atomic E-state index is 12.9. The van der Waals surface area contributed by atoms with Crippen LogP contribution in [0.1, 0.15) is 31.8 Å². The van der Waals surface area contributed by atoms with Gasteiger partial charge in [0.2, 0.25) is 10.0 Å². The van der Waals surface area contributed by atoms with Gasteiger partial charge in [0.25, 0.3) is 0 Å². The molecule has 0 radical (unpaired) electrons. The van der Waals surface area contributed by atoms with Crippen molar-refractivity contribution in [2.24, 2.45) is 0 Å². The number of benzene rings is 3. The van der Waals surface area contributed by atoms with Crippen LogP contribution < -0.4 is 9.46 Å². The van der Waals surface area contributed by atoms with E-state index in [-0.39, 0.29) is 51.8 Å². The second kappa shape index (κ2) is 8.66. The SMILES string of the molecule is COCCNS(=O)(=O)c1ccc(Oc2cc(O)c3c(c2O)C(=O)c2ccccc2C3=O)cc1. The van der Waals surface area contributed by atoms with Crippen molar-refractivity contribution in [3.05, 3.63) is 76.9 Å². The van der Waals surface area contributed by atoms with Crippen LogP contribution in [0.4, 0.5) is 0 Å². The van der Waals surface area contributed by atoms with Gasteiger partial charge in [-0.05, 0) is 24.3 Å². The van der Waals surface area contributed by atoms with Gasteiger partial charge in [-0.3, -0.25) is 9.59 Å². The number of hydrogen-bond donors (Lipinski definition) is 3. The molecule has 1 aliphatic rings. The number of nitrogens with one attached hydrogen (secondary N) is 1. The zero-order valence-electron chi connectivity index (χ0n) is 17.4. The van der Waals surface area contributed by atoms with E-state index in [4.69, 9.17) is 9.47 Å². The molecule has 0 heterocycles. The Kier molecular flexibility index (Phi) is 5.90. The minimum atomic E-state index is -3.75. The molecule has 3 N–H and O–H groups in total. The van der Waals surface area contributed by atoms with E-state index in [0.29, 0.717) is 0 Å². The summed E-state index contributed by atoms with van der Waals surface area (Å²) in [5.41, 5.74) is -0.408. The average molecular weight is 469 g/mol. The summed E-state index contributed by atoms with van der Waals surface area (Å²) in [6.07, 6.45) is 0. The van der Waals surface area contributed by atoms with Crippen LogP contribution >= 0.6 is 0 Å². The summed E-state index contributed by atoms with van der Waals surface area (Å²) >= 11 is 0. The molecular formula is C23H19NO8S. The van der Waals surface area contributed by atoms with E-state index in [1.807, 2.05) is 0 Å². The van der Waals surface area contributed by atoms with Crippen LogP contribution in [0, 0.1) is 0 Å². The highest BCUT2D eigenvalue weighted by Crippen LogP contribution is 2.44. The van der Waals surface area contributed by atoms with Gasteiger partial charge in [0.15, 0.2) is 23.1 Å². The number of fused-ring (bicyclic) bond motifs is 2. The van der Waals surface area contributed by atoms with Crippen molar-refractivity contribution in [3.8, 4) is 23.0 Å². The Labute approximate surface area is 189 Å². The van der Waals surface area contributed by atoms with Gasteiger partial charge >= 0.3 is 0 Å². The lowest BCUT2D eigenvalue weighted by Crippen LogP contribution is -2.27. The van der Waals surface area contributed by atoms with E-state index < -0.39 is 33.1 Å². The van der Waals surface area contributed by atoms with Crippen molar-refractivity contribution in [2.75, 3.05) is 20.3 Å². The molecule has 0 atom stereocenters. The number of hydrogen-bond acceptors (Lipinski definition) is 8. The predicted octanol–water partition coefficient (Wildman–Crippen LogP) is 2.59. The molecule has 4 rings (SSSR count). The molecule has 0 spiro atoms. The normalized spacial score (nSPS) is 12.9. The fraction of sp³-hybridized carbons (Fsp3) is 0.130. The first-order valence-corrected chi connectivity index (χ1v) is 11.3. The maximum absolute atomic E-state index is 12.9. The predicted molar refractivity (Wildman–Crippen MR) is 117 cm³/mol.